The SMILES string of the molecule is OCC(O)CO.[Na+].[Na+].[Na+].[Na+].[Na+].[Na+].[Na+].[Na+].[Na+].[Na+].[Na+].[Na+].[Na+].[Na+].[Na+].[O-]B([O-])[O-].[O-]B([O-])[O-].[O-]B([O-])[O-].[O-]B([O-])[O-].[O-]B([O-])[O-]. The summed E-state index contributed by atoms with van der Waals surface area (Å²) in [6.45, 7) is -0.729. The van der Waals surface area contributed by atoms with E-state index >= 15 is 0 Å². The predicted octanol–water partition coefficient (Wildman–Crippen LogP) is -66.3. The third kappa shape index (κ3) is 437. The van der Waals surface area contributed by atoms with Crippen molar-refractivity contribution in [3.8, 4) is 0 Å². The minimum absolute atomic E-state index is 0. The van der Waals surface area contributed by atoms with Crippen molar-refractivity contribution in [1.29, 1.82) is 0 Å². The second-order valence-electron chi connectivity index (χ2n) is 2.46. The van der Waals surface area contributed by atoms with Gasteiger partial charge in [0, 0.05) is 0 Å². The van der Waals surface area contributed by atoms with Gasteiger partial charge >= 0.3 is 443 Å². The van der Waals surface area contributed by atoms with Crippen LogP contribution in [0.1, 0.15) is 0 Å². The Morgan fingerprint density at radius 3 is 0.341 bits per heavy atom. The fourth-order valence-electron chi connectivity index (χ4n) is 0.0577. The topological polar surface area (TPSA) is 407 Å². The summed E-state index contributed by atoms with van der Waals surface area (Å²) in [7, 11) is -14.6. The number of aliphatic hydroxyl groups excluding tert-OH is 3. The first kappa shape index (κ1) is 138. The molecule has 41 heavy (non-hydrogen) atoms. The second-order valence-corrected chi connectivity index (χ2v) is 2.46. The van der Waals surface area contributed by atoms with Crippen LogP contribution in [-0.4, -0.2) is 71.2 Å². The van der Waals surface area contributed by atoms with Crippen molar-refractivity contribution in [3.05, 3.63) is 0 Å². The zero-order chi connectivity index (χ0) is 22.9. The molecule has 0 aliphatic heterocycles. The maximum atomic E-state index is 8.42. The summed E-state index contributed by atoms with van der Waals surface area (Å²) in [4.78, 5) is 0. The normalized spacial score (nSPS) is 4.76. The largest absolute Gasteiger partial charge is 1.00 e. The zero-order valence-electron chi connectivity index (χ0n) is 27.3. The monoisotopic (exact) mass is 732 g/mol. The average molecular weight is 731 g/mol. The van der Waals surface area contributed by atoms with E-state index in [2.05, 4.69) is 0 Å². The molecule has 0 bridgehead atoms. The van der Waals surface area contributed by atoms with Crippen molar-refractivity contribution >= 4 is 36.6 Å². The Kier molecular flexibility index (Phi) is 442. The molecular weight excluding hydrogens is 723 g/mol. The van der Waals surface area contributed by atoms with Gasteiger partial charge in [0.05, 0.1) is 13.2 Å². The van der Waals surface area contributed by atoms with Crippen LogP contribution in [0.3, 0.4) is 0 Å². The molecule has 38 heteroatoms. The van der Waals surface area contributed by atoms with Crippen LogP contribution in [0.25, 0.3) is 0 Å². The number of hydrogen-bond acceptors (Lipinski definition) is 18. The van der Waals surface area contributed by atoms with Crippen LogP contribution >= 0.6 is 0 Å². The molecule has 0 heterocycles. The van der Waals surface area contributed by atoms with Crippen molar-refractivity contribution in [2.24, 2.45) is 0 Å². The van der Waals surface area contributed by atoms with E-state index in [9.17, 15) is 0 Å². The fraction of sp³-hybridized carbons (Fsp3) is 1.00. The minimum Gasteiger partial charge on any atom is -0.907 e. The fourth-order valence-corrected chi connectivity index (χ4v) is 0.0577. The van der Waals surface area contributed by atoms with Crippen molar-refractivity contribution < 1.29 is 534 Å². The Morgan fingerprint density at radius 1 is 0.293 bits per heavy atom. The maximum Gasteiger partial charge on any atom is 1.00 e. The summed E-state index contributed by atoms with van der Waals surface area (Å²) >= 11 is 0. The predicted molar refractivity (Wildman–Crippen MR) is 48.9 cm³/mol. The van der Waals surface area contributed by atoms with Crippen molar-refractivity contribution in [2.75, 3.05) is 13.2 Å². The zero-order valence-corrected chi connectivity index (χ0v) is 57.3. The Bertz CT molecular complexity index is 180. The Hall–Kier alpha value is 14.6. The summed E-state index contributed by atoms with van der Waals surface area (Å²) in [5.74, 6) is 0. The van der Waals surface area contributed by atoms with E-state index in [4.69, 9.17) is 90.7 Å². The van der Waals surface area contributed by atoms with E-state index in [1.54, 1.807) is 0 Å². The molecule has 0 spiro atoms. The first-order valence-corrected chi connectivity index (χ1v) is 5.24. The average Bonchev–Trinajstić information content (AvgIpc) is 2.34. The van der Waals surface area contributed by atoms with Crippen molar-refractivity contribution in [3.63, 3.8) is 0 Å². The Balaban J connectivity index is -0.00000000577. The van der Waals surface area contributed by atoms with Gasteiger partial charge in [0.15, 0.2) is 0 Å². The van der Waals surface area contributed by atoms with E-state index in [1.165, 1.54) is 0 Å². The van der Waals surface area contributed by atoms with Crippen LogP contribution < -0.4 is 519 Å². The Morgan fingerprint density at radius 2 is 0.341 bits per heavy atom. The molecule has 0 aromatic rings. The van der Waals surface area contributed by atoms with E-state index < -0.39 is 42.7 Å². The van der Waals surface area contributed by atoms with Crippen LogP contribution in [0.4, 0.5) is 0 Å². The molecule has 0 aromatic heterocycles. The van der Waals surface area contributed by atoms with Gasteiger partial charge in [-0.05, 0) is 0 Å². The molecule has 0 rings (SSSR count). The van der Waals surface area contributed by atoms with Gasteiger partial charge in [-0.1, -0.05) is 0 Å². The third-order valence-electron chi connectivity index (χ3n) is 0.421. The summed E-state index contributed by atoms with van der Waals surface area (Å²) in [5, 5.41) is 150. The summed E-state index contributed by atoms with van der Waals surface area (Å²) in [6.07, 6.45) is -0.954. The number of aliphatic hydroxyl groups is 3. The summed E-state index contributed by atoms with van der Waals surface area (Å²) in [6, 6.07) is 0. The van der Waals surface area contributed by atoms with E-state index in [1.807, 2.05) is 0 Å². The molecular formula is C3H8B5Na15O18. The van der Waals surface area contributed by atoms with Crippen LogP contribution in [-0.2, 0) is 0 Å². The van der Waals surface area contributed by atoms with Gasteiger partial charge in [-0.15, -0.1) is 0 Å². The van der Waals surface area contributed by atoms with Crippen LogP contribution in [0.2, 0.25) is 0 Å². The molecule has 3 N–H and O–H groups in total. The van der Waals surface area contributed by atoms with Gasteiger partial charge in [-0.3, -0.25) is 36.6 Å². The molecule has 18 nitrogen and oxygen atoms in total. The van der Waals surface area contributed by atoms with Gasteiger partial charge in [-0.2, -0.15) is 0 Å². The van der Waals surface area contributed by atoms with Gasteiger partial charge in [0.2, 0.25) is 0 Å². The van der Waals surface area contributed by atoms with Gasteiger partial charge < -0.3 is 90.7 Å². The third-order valence-corrected chi connectivity index (χ3v) is 0.421. The molecule has 0 aromatic carbocycles. The van der Waals surface area contributed by atoms with Gasteiger partial charge in [0.1, 0.15) is 6.10 Å². The van der Waals surface area contributed by atoms with E-state index in [0.29, 0.717) is 0 Å². The molecule has 0 atom stereocenters. The smallest absolute Gasteiger partial charge is 0.907 e. The molecule has 0 radical (unpaired) electrons. The first-order chi connectivity index (χ1) is 11.5. The van der Waals surface area contributed by atoms with Crippen molar-refractivity contribution in [2.45, 2.75) is 6.10 Å². The maximum absolute atomic E-state index is 8.42. The van der Waals surface area contributed by atoms with E-state index in [-0.39, 0.29) is 457 Å². The second kappa shape index (κ2) is 131. The van der Waals surface area contributed by atoms with Crippen LogP contribution in [0.15, 0.2) is 0 Å². The molecule has 158 valence electrons. The molecule has 0 saturated heterocycles. The molecule has 0 aliphatic carbocycles. The molecule has 0 fully saturated rings. The van der Waals surface area contributed by atoms with E-state index in [0.717, 1.165) is 0 Å². The summed E-state index contributed by atoms with van der Waals surface area (Å²) in [5.41, 5.74) is 0. The Labute approximate surface area is 574 Å². The number of rotatable bonds is 2. The van der Waals surface area contributed by atoms with Crippen LogP contribution in [0.5, 0.6) is 0 Å². The quantitative estimate of drug-likeness (QED) is 0.222. The summed E-state index contributed by atoms with van der Waals surface area (Å²) < 4.78 is 0. The van der Waals surface area contributed by atoms with Gasteiger partial charge in [0.25, 0.3) is 0 Å². The molecule has 0 aliphatic rings. The molecule has 0 saturated carbocycles. The van der Waals surface area contributed by atoms with Crippen molar-refractivity contribution in [1.82, 2.24) is 0 Å². The standard InChI is InChI=1S/C3H8O3.5BO3.15Na/c4-1-3(6)2-5;5*2-1(3)4;;;;;;;;;;;;;;;/h3-6H,1-2H2;;;;;;;;;;;;;;;;;;;;/q;5*-3;15*+1. The van der Waals surface area contributed by atoms with Crippen LogP contribution in [0, 0.1) is 0 Å². The molecule has 0 amide bonds. The number of hydrogen-bond donors (Lipinski definition) is 3. The minimum atomic E-state index is -2.92. The molecule has 0 unspecified atom stereocenters. The first-order valence-electron chi connectivity index (χ1n) is 5.24. The van der Waals surface area contributed by atoms with Gasteiger partial charge in [-0.25, -0.2) is 0 Å².